The van der Waals surface area contributed by atoms with Crippen molar-refractivity contribution in [2.24, 2.45) is 0 Å². The molecule has 0 saturated heterocycles. The minimum Gasteiger partial charge on any atom is -0.515 e. The van der Waals surface area contributed by atoms with Gasteiger partial charge in [-0.1, -0.05) is 36.4 Å². The number of ether oxygens (including phenoxy) is 3. The normalized spacial score (nSPS) is 12.2. The molecule has 9 nitrogen and oxygen atoms in total. The van der Waals surface area contributed by atoms with Crippen LogP contribution in [0.4, 0.5) is 0 Å². The van der Waals surface area contributed by atoms with E-state index >= 15 is 0 Å². The molecule has 0 aliphatic carbocycles. The first-order valence-corrected chi connectivity index (χ1v) is 11.8. The van der Waals surface area contributed by atoms with Crippen LogP contribution >= 0.6 is 0 Å². The van der Waals surface area contributed by atoms with Gasteiger partial charge in [0, 0.05) is 0 Å². The molecule has 4 aromatic rings. The van der Waals surface area contributed by atoms with Gasteiger partial charge in [0.2, 0.25) is 0 Å². The van der Waals surface area contributed by atoms with Crippen molar-refractivity contribution in [1.29, 1.82) is 0 Å². The maximum atomic E-state index is 10.2. The molecule has 39 heavy (non-hydrogen) atoms. The Hall–Kier alpha value is -5.31. The molecule has 0 unspecified atom stereocenters. The lowest BCUT2D eigenvalue weighted by Crippen LogP contribution is -2.09. The highest BCUT2D eigenvalue weighted by molar-refractivity contribution is 5.82. The van der Waals surface area contributed by atoms with Crippen molar-refractivity contribution in [3.8, 4) is 17.2 Å². The molecule has 0 atom stereocenters. The van der Waals surface area contributed by atoms with E-state index in [2.05, 4.69) is 15.0 Å². The standard InChI is InChI=1S/C30H27N3O6/c1-37-22-10-4-19(5-11-22)25(16-34)28-31-29(26(17-35)20-6-12-23(38-2)13-7-20)33-30(32-28)27(18-36)21-8-14-24(39-3)15-9-21/h4-18,34-36H,1-3H3/b25-16-,26-17+,27-18+. The molecule has 0 saturated carbocycles. The third-order valence-corrected chi connectivity index (χ3v) is 5.95. The van der Waals surface area contributed by atoms with E-state index in [1.165, 1.54) is 0 Å². The second kappa shape index (κ2) is 12.3. The van der Waals surface area contributed by atoms with Gasteiger partial charge in [-0.15, -0.1) is 0 Å². The number of aliphatic hydroxyl groups excluding tert-OH is 3. The SMILES string of the molecule is COc1ccc(/C(=C/O)c2nc(/C(=C/O)c3ccc(OC)cc3)nc(/C(=C/O)c3ccc(OC)cc3)n2)cc1. The molecule has 0 aliphatic rings. The Labute approximate surface area is 225 Å². The van der Waals surface area contributed by atoms with Gasteiger partial charge in [0.25, 0.3) is 0 Å². The van der Waals surface area contributed by atoms with E-state index in [1.54, 1.807) is 94.1 Å². The van der Waals surface area contributed by atoms with Gasteiger partial charge in [0.15, 0.2) is 17.5 Å². The van der Waals surface area contributed by atoms with Crippen molar-refractivity contribution >= 4 is 16.7 Å². The van der Waals surface area contributed by atoms with E-state index in [1.807, 2.05) is 0 Å². The van der Waals surface area contributed by atoms with Crippen molar-refractivity contribution in [3.05, 3.63) is 126 Å². The minimum atomic E-state index is 0.114. The second-order valence-electron chi connectivity index (χ2n) is 8.12. The lowest BCUT2D eigenvalue weighted by Gasteiger charge is -2.14. The van der Waals surface area contributed by atoms with Crippen molar-refractivity contribution in [2.75, 3.05) is 21.3 Å². The van der Waals surface area contributed by atoms with Gasteiger partial charge in [-0.3, -0.25) is 0 Å². The summed E-state index contributed by atoms with van der Waals surface area (Å²) >= 11 is 0. The number of nitrogens with zero attached hydrogens (tertiary/aromatic N) is 3. The molecule has 0 radical (unpaired) electrons. The monoisotopic (exact) mass is 525 g/mol. The number of benzene rings is 3. The van der Waals surface area contributed by atoms with Crippen LogP contribution in [0.25, 0.3) is 16.7 Å². The van der Waals surface area contributed by atoms with Crippen LogP contribution in [0.15, 0.2) is 91.6 Å². The average Bonchev–Trinajstić information content (AvgIpc) is 2.99. The predicted octanol–water partition coefficient (Wildman–Crippen LogP) is 5.74. The largest absolute Gasteiger partial charge is 0.515 e. The van der Waals surface area contributed by atoms with Crippen LogP contribution in [0, 0.1) is 0 Å². The Morgan fingerprint density at radius 2 is 0.692 bits per heavy atom. The summed E-state index contributed by atoms with van der Waals surface area (Å²) in [5.41, 5.74) is 2.71. The third-order valence-electron chi connectivity index (χ3n) is 5.95. The lowest BCUT2D eigenvalue weighted by atomic mass is 10.0. The van der Waals surface area contributed by atoms with E-state index in [0.717, 1.165) is 18.8 Å². The summed E-state index contributed by atoms with van der Waals surface area (Å²) in [6.07, 6.45) is 2.70. The first-order valence-electron chi connectivity index (χ1n) is 11.8. The number of methoxy groups -OCH3 is 3. The Bertz CT molecular complexity index is 1310. The van der Waals surface area contributed by atoms with Gasteiger partial charge in [0.1, 0.15) is 17.2 Å². The summed E-state index contributed by atoms with van der Waals surface area (Å²) < 4.78 is 15.7. The number of hydrogen-bond acceptors (Lipinski definition) is 9. The molecule has 9 heteroatoms. The molecule has 3 aromatic carbocycles. The van der Waals surface area contributed by atoms with E-state index in [-0.39, 0.29) is 17.5 Å². The predicted molar refractivity (Wildman–Crippen MR) is 148 cm³/mol. The Morgan fingerprint density at radius 1 is 0.462 bits per heavy atom. The molecule has 1 heterocycles. The Kier molecular flexibility index (Phi) is 8.43. The molecular weight excluding hydrogens is 498 g/mol. The fraction of sp³-hybridized carbons (Fsp3) is 0.100. The molecule has 0 amide bonds. The Morgan fingerprint density at radius 3 is 0.872 bits per heavy atom. The first-order chi connectivity index (χ1) is 19.0. The zero-order valence-corrected chi connectivity index (χ0v) is 21.6. The van der Waals surface area contributed by atoms with Crippen LogP contribution in [0.5, 0.6) is 17.2 Å². The number of aliphatic hydroxyl groups is 3. The molecule has 0 bridgehead atoms. The molecular formula is C30H27N3O6. The van der Waals surface area contributed by atoms with Gasteiger partial charge < -0.3 is 29.5 Å². The van der Waals surface area contributed by atoms with E-state index < -0.39 is 0 Å². The Balaban J connectivity index is 1.90. The summed E-state index contributed by atoms with van der Waals surface area (Å²) in [6.45, 7) is 0. The van der Waals surface area contributed by atoms with Crippen molar-refractivity contribution in [1.82, 2.24) is 15.0 Å². The highest BCUT2D eigenvalue weighted by Crippen LogP contribution is 2.29. The summed E-state index contributed by atoms with van der Waals surface area (Å²) in [5, 5.41) is 30.7. The molecule has 198 valence electrons. The van der Waals surface area contributed by atoms with Crippen LogP contribution in [-0.2, 0) is 0 Å². The molecule has 0 aliphatic heterocycles. The topological polar surface area (TPSA) is 127 Å². The van der Waals surface area contributed by atoms with Crippen molar-refractivity contribution in [3.63, 3.8) is 0 Å². The fourth-order valence-electron chi connectivity index (χ4n) is 3.83. The lowest BCUT2D eigenvalue weighted by molar-refractivity contribution is 0.414. The molecule has 1 aromatic heterocycles. The smallest absolute Gasteiger partial charge is 0.167 e. The van der Waals surface area contributed by atoms with Crippen molar-refractivity contribution in [2.45, 2.75) is 0 Å². The molecule has 0 fully saturated rings. The summed E-state index contributed by atoms with van der Waals surface area (Å²) in [5.74, 6) is 2.27. The van der Waals surface area contributed by atoms with Crippen LogP contribution in [0.1, 0.15) is 34.2 Å². The second-order valence-corrected chi connectivity index (χ2v) is 8.12. The third kappa shape index (κ3) is 5.83. The molecule has 4 rings (SSSR count). The summed E-state index contributed by atoms with van der Waals surface area (Å²) in [7, 11) is 4.69. The van der Waals surface area contributed by atoms with Crippen LogP contribution in [0.2, 0.25) is 0 Å². The average molecular weight is 526 g/mol. The van der Waals surface area contributed by atoms with E-state index in [4.69, 9.17) is 14.2 Å². The highest BCUT2D eigenvalue weighted by Gasteiger charge is 2.20. The quantitative estimate of drug-likeness (QED) is 0.234. The van der Waals surface area contributed by atoms with E-state index in [9.17, 15) is 15.3 Å². The number of hydrogen-bond donors (Lipinski definition) is 3. The highest BCUT2D eigenvalue weighted by atomic mass is 16.5. The zero-order chi connectivity index (χ0) is 27.8. The number of aromatic nitrogens is 3. The fourth-order valence-corrected chi connectivity index (χ4v) is 3.83. The first kappa shape index (κ1) is 26.7. The number of rotatable bonds is 9. The van der Waals surface area contributed by atoms with Gasteiger partial charge in [-0.2, -0.15) is 0 Å². The zero-order valence-electron chi connectivity index (χ0n) is 21.6. The van der Waals surface area contributed by atoms with Gasteiger partial charge >= 0.3 is 0 Å². The molecule has 0 spiro atoms. The molecule has 3 N–H and O–H groups in total. The van der Waals surface area contributed by atoms with Gasteiger partial charge in [0.05, 0.1) is 56.8 Å². The van der Waals surface area contributed by atoms with Crippen LogP contribution in [-0.4, -0.2) is 51.6 Å². The maximum Gasteiger partial charge on any atom is 0.167 e. The van der Waals surface area contributed by atoms with Crippen LogP contribution < -0.4 is 14.2 Å². The van der Waals surface area contributed by atoms with Gasteiger partial charge in [-0.05, 0) is 53.1 Å². The summed E-state index contributed by atoms with van der Waals surface area (Å²) in [4.78, 5) is 13.7. The van der Waals surface area contributed by atoms with Crippen molar-refractivity contribution < 1.29 is 29.5 Å². The minimum absolute atomic E-state index is 0.114. The van der Waals surface area contributed by atoms with Crippen LogP contribution in [0.3, 0.4) is 0 Å². The van der Waals surface area contributed by atoms with E-state index in [0.29, 0.717) is 50.7 Å². The summed E-state index contributed by atoms with van der Waals surface area (Å²) in [6, 6.07) is 21.0. The maximum absolute atomic E-state index is 10.2. The van der Waals surface area contributed by atoms with Gasteiger partial charge in [-0.25, -0.2) is 15.0 Å².